The maximum Gasteiger partial charge on any atom is 0.416 e. The number of aromatic nitrogens is 4. The first kappa shape index (κ1) is 22.4. The number of alkyl halides is 3. The van der Waals surface area contributed by atoms with Gasteiger partial charge in [-0.1, -0.05) is 17.3 Å². The molecule has 0 bridgehead atoms. The largest absolute Gasteiger partial charge is 0.416 e. The third-order valence-corrected chi connectivity index (χ3v) is 6.22. The van der Waals surface area contributed by atoms with Gasteiger partial charge in [-0.2, -0.15) is 18.2 Å². The molecule has 12 heteroatoms. The number of carbonyl (C=O) groups excluding carboxylic acids is 1. The van der Waals surface area contributed by atoms with E-state index in [1.165, 1.54) is 12.1 Å². The summed E-state index contributed by atoms with van der Waals surface area (Å²) in [6.45, 7) is 2.71. The molecule has 2 unspecified atom stereocenters. The first-order valence-electron chi connectivity index (χ1n) is 11.0. The summed E-state index contributed by atoms with van der Waals surface area (Å²) < 4.78 is 49.8. The molecule has 2 fully saturated rings. The average Bonchev–Trinajstić information content (AvgIpc) is 3.56. The number of aromatic amines is 1. The van der Waals surface area contributed by atoms with Gasteiger partial charge in [-0.3, -0.25) is 0 Å². The molecule has 1 aromatic carbocycles. The number of halogens is 3. The van der Waals surface area contributed by atoms with E-state index >= 15 is 0 Å². The van der Waals surface area contributed by atoms with Gasteiger partial charge in [-0.25, -0.2) is 9.78 Å². The lowest BCUT2D eigenvalue weighted by Crippen LogP contribution is -2.52. The fourth-order valence-corrected chi connectivity index (χ4v) is 4.46. The number of hydrogen-bond donors (Lipinski definition) is 1. The molecule has 0 spiro atoms. The normalized spacial score (nSPS) is 21.6. The van der Waals surface area contributed by atoms with Crippen LogP contribution in [0.3, 0.4) is 0 Å². The van der Waals surface area contributed by atoms with Crippen molar-refractivity contribution >= 4 is 6.03 Å². The number of rotatable bonds is 3. The standard InChI is InChI=1S/C22H23F3N6O3/c23-22(24,25)17-3-1-14(2-4-17)15-11-16(18-28-20(34-29-18)19-26-5-6-27-19)13-31(12-15)21(32)30-7-9-33-10-8-30/h1-6,15-16H,7-13H2,(H,26,27). The highest BCUT2D eigenvalue weighted by Gasteiger charge is 2.37. The van der Waals surface area contributed by atoms with Crippen LogP contribution in [0.5, 0.6) is 0 Å². The van der Waals surface area contributed by atoms with E-state index in [2.05, 4.69) is 20.1 Å². The fraction of sp³-hybridized carbons (Fsp3) is 0.455. The Morgan fingerprint density at radius 2 is 1.79 bits per heavy atom. The zero-order valence-electron chi connectivity index (χ0n) is 18.2. The van der Waals surface area contributed by atoms with Crippen LogP contribution in [-0.2, 0) is 10.9 Å². The Morgan fingerprint density at radius 3 is 2.47 bits per heavy atom. The Hall–Kier alpha value is -3.41. The van der Waals surface area contributed by atoms with Crippen LogP contribution >= 0.6 is 0 Å². The third-order valence-electron chi connectivity index (χ3n) is 6.22. The van der Waals surface area contributed by atoms with Crippen molar-refractivity contribution in [2.24, 2.45) is 0 Å². The molecule has 0 saturated carbocycles. The molecule has 2 saturated heterocycles. The Labute approximate surface area is 192 Å². The molecule has 9 nitrogen and oxygen atoms in total. The van der Waals surface area contributed by atoms with E-state index < -0.39 is 11.7 Å². The minimum absolute atomic E-state index is 0.125. The molecule has 2 atom stereocenters. The van der Waals surface area contributed by atoms with E-state index in [-0.39, 0.29) is 23.8 Å². The Bertz CT molecular complexity index is 1110. The van der Waals surface area contributed by atoms with Crippen LogP contribution in [0.15, 0.2) is 41.2 Å². The second-order valence-electron chi connectivity index (χ2n) is 8.43. The number of nitrogens with one attached hydrogen (secondary N) is 1. The second-order valence-corrected chi connectivity index (χ2v) is 8.43. The molecule has 180 valence electrons. The van der Waals surface area contributed by atoms with Crippen LogP contribution in [0.1, 0.15) is 35.2 Å². The highest BCUT2D eigenvalue weighted by atomic mass is 19.4. The smallest absolute Gasteiger partial charge is 0.378 e. The zero-order valence-corrected chi connectivity index (χ0v) is 18.2. The van der Waals surface area contributed by atoms with Gasteiger partial charge in [0.15, 0.2) is 11.6 Å². The van der Waals surface area contributed by atoms with Crippen LogP contribution in [0, 0.1) is 0 Å². The number of nitrogens with zero attached hydrogens (tertiary/aromatic N) is 5. The molecular formula is C22H23F3N6O3. The van der Waals surface area contributed by atoms with Gasteiger partial charge < -0.3 is 24.0 Å². The first-order valence-corrected chi connectivity index (χ1v) is 11.0. The summed E-state index contributed by atoms with van der Waals surface area (Å²) in [4.78, 5) is 28.2. The number of likely N-dealkylation sites (tertiary alicyclic amines) is 1. The van der Waals surface area contributed by atoms with Gasteiger partial charge >= 0.3 is 12.2 Å². The number of benzene rings is 1. The lowest BCUT2D eigenvalue weighted by molar-refractivity contribution is -0.137. The number of hydrogen-bond acceptors (Lipinski definition) is 6. The number of ether oxygens (including phenoxy) is 1. The maximum absolute atomic E-state index is 13.3. The molecule has 0 radical (unpaired) electrons. The predicted molar refractivity (Wildman–Crippen MR) is 113 cm³/mol. The molecule has 1 N–H and O–H groups in total. The molecule has 3 aromatic rings. The van der Waals surface area contributed by atoms with Crippen LogP contribution < -0.4 is 0 Å². The summed E-state index contributed by atoms with van der Waals surface area (Å²) >= 11 is 0. The van der Waals surface area contributed by atoms with Crippen LogP contribution in [0.2, 0.25) is 0 Å². The summed E-state index contributed by atoms with van der Waals surface area (Å²) in [5.41, 5.74) is 0.0262. The van der Waals surface area contributed by atoms with Crippen molar-refractivity contribution in [3.05, 3.63) is 53.6 Å². The Kier molecular flexibility index (Phi) is 5.98. The molecule has 0 aliphatic carbocycles. The lowest BCUT2D eigenvalue weighted by atomic mass is 9.84. The van der Waals surface area contributed by atoms with Crippen molar-refractivity contribution in [1.29, 1.82) is 0 Å². The number of urea groups is 1. The molecule has 5 rings (SSSR count). The van der Waals surface area contributed by atoms with E-state index in [0.717, 1.165) is 17.7 Å². The third kappa shape index (κ3) is 4.63. The number of H-pyrrole nitrogens is 1. The molecule has 4 heterocycles. The number of piperidine rings is 1. The van der Waals surface area contributed by atoms with Gasteiger partial charge in [0.25, 0.3) is 5.89 Å². The summed E-state index contributed by atoms with van der Waals surface area (Å²) in [5.74, 6) is 0.677. The minimum atomic E-state index is -4.40. The lowest BCUT2D eigenvalue weighted by Gasteiger charge is -2.40. The monoisotopic (exact) mass is 476 g/mol. The topological polar surface area (TPSA) is 100 Å². The summed E-state index contributed by atoms with van der Waals surface area (Å²) in [7, 11) is 0. The Balaban J connectivity index is 1.41. The van der Waals surface area contributed by atoms with Gasteiger partial charge in [0.2, 0.25) is 0 Å². The van der Waals surface area contributed by atoms with Gasteiger partial charge in [0.05, 0.1) is 18.8 Å². The van der Waals surface area contributed by atoms with Gasteiger partial charge in [-0.15, -0.1) is 0 Å². The van der Waals surface area contributed by atoms with E-state index in [0.29, 0.717) is 57.5 Å². The maximum atomic E-state index is 13.3. The SMILES string of the molecule is O=C(N1CCOCC1)N1CC(c2ccc(C(F)(F)F)cc2)CC(c2noc(-c3ncc[nH]3)n2)C1. The number of morpholine rings is 1. The van der Waals surface area contributed by atoms with Gasteiger partial charge in [0, 0.05) is 50.4 Å². The van der Waals surface area contributed by atoms with Crippen LogP contribution in [0.4, 0.5) is 18.0 Å². The Morgan fingerprint density at radius 1 is 1.06 bits per heavy atom. The van der Waals surface area contributed by atoms with Gasteiger partial charge in [-0.05, 0) is 24.1 Å². The quantitative estimate of drug-likeness (QED) is 0.621. The second kappa shape index (κ2) is 9.09. The first-order chi connectivity index (χ1) is 16.4. The summed E-state index contributed by atoms with van der Waals surface area (Å²) in [6, 6.07) is 5.00. The fourth-order valence-electron chi connectivity index (χ4n) is 4.46. The molecule has 2 aromatic heterocycles. The molecule has 2 amide bonds. The molecule has 2 aliphatic rings. The van der Waals surface area contributed by atoms with E-state index in [4.69, 9.17) is 9.26 Å². The predicted octanol–water partition coefficient (Wildman–Crippen LogP) is 3.50. The highest BCUT2D eigenvalue weighted by molar-refractivity contribution is 5.75. The van der Waals surface area contributed by atoms with Crippen molar-refractivity contribution in [3.8, 4) is 11.7 Å². The molecular weight excluding hydrogens is 453 g/mol. The van der Waals surface area contributed by atoms with Gasteiger partial charge in [0.1, 0.15) is 0 Å². The van der Waals surface area contributed by atoms with E-state index in [1.807, 2.05) is 0 Å². The van der Waals surface area contributed by atoms with Crippen molar-refractivity contribution in [1.82, 2.24) is 29.9 Å². The number of carbonyl (C=O) groups is 1. The van der Waals surface area contributed by atoms with Crippen LogP contribution in [0.25, 0.3) is 11.7 Å². The van der Waals surface area contributed by atoms with E-state index in [1.54, 1.807) is 22.2 Å². The van der Waals surface area contributed by atoms with Crippen molar-refractivity contribution in [2.45, 2.75) is 24.4 Å². The summed E-state index contributed by atoms with van der Waals surface area (Å²) in [5, 5.41) is 4.11. The number of amides is 2. The number of imidazole rings is 1. The summed E-state index contributed by atoms with van der Waals surface area (Å²) in [6.07, 6.45) is -0.624. The minimum Gasteiger partial charge on any atom is -0.378 e. The van der Waals surface area contributed by atoms with Crippen molar-refractivity contribution < 1.29 is 27.2 Å². The van der Waals surface area contributed by atoms with Crippen molar-refractivity contribution in [2.75, 3.05) is 39.4 Å². The van der Waals surface area contributed by atoms with E-state index in [9.17, 15) is 18.0 Å². The zero-order chi connectivity index (χ0) is 23.7. The molecule has 2 aliphatic heterocycles. The van der Waals surface area contributed by atoms with Crippen molar-refractivity contribution in [3.63, 3.8) is 0 Å². The highest BCUT2D eigenvalue weighted by Crippen LogP contribution is 2.37. The average molecular weight is 476 g/mol. The molecule has 34 heavy (non-hydrogen) atoms. The van der Waals surface area contributed by atoms with Crippen LogP contribution in [-0.4, -0.2) is 75.3 Å².